The molecule has 0 aliphatic carbocycles. The summed E-state index contributed by atoms with van der Waals surface area (Å²) in [5, 5.41) is 9.50. The zero-order valence-electron chi connectivity index (χ0n) is 9.81. The molecule has 0 aromatic carbocycles. The summed E-state index contributed by atoms with van der Waals surface area (Å²) in [4.78, 5) is 26.2. The van der Waals surface area contributed by atoms with Gasteiger partial charge in [-0.3, -0.25) is 14.6 Å². The predicted molar refractivity (Wildman–Crippen MR) is 55.0 cm³/mol. The van der Waals surface area contributed by atoms with Crippen LogP contribution in [0.4, 0.5) is 4.79 Å². The predicted octanol–water partition coefficient (Wildman–Crippen LogP) is 0.776. The number of nitrogens with zero attached hydrogens (tertiary/aromatic N) is 2. The van der Waals surface area contributed by atoms with Crippen LogP contribution in [-0.2, 0) is 4.79 Å². The lowest BCUT2D eigenvalue weighted by Gasteiger charge is -2.30. The molecular weight excluding hydrogens is 196 g/mol. The maximum absolute atomic E-state index is 11.9. The molecule has 1 saturated heterocycles. The summed E-state index contributed by atoms with van der Waals surface area (Å²) >= 11 is 0. The molecule has 0 aromatic rings. The number of imide groups is 1. The summed E-state index contributed by atoms with van der Waals surface area (Å²) in [5.41, 5.74) is -0.963. The van der Waals surface area contributed by atoms with Gasteiger partial charge in [-0.25, -0.2) is 4.79 Å². The highest BCUT2D eigenvalue weighted by Crippen LogP contribution is 2.30. The van der Waals surface area contributed by atoms with E-state index >= 15 is 0 Å². The van der Waals surface area contributed by atoms with Crippen LogP contribution in [0.3, 0.4) is 0 Å². The molecule has 1 unspecified atom stereocenters. The molecule has 0 bridgehead atoms. The normalized spacial score (nSPS) is 22.9. The average molecular weight is 214 g/mol. The number of carbonyl (C=O) groups is 2. The Morgan fingerprint density at radius 1 is 1.20 bits per heavy atom. The van der Waals surface area contributed by atoms with Gasteiger partial charge in [0.2, 0.25) is 0 Å². The lowest BCUT2D eigenvalue weighted by atomic mass is 10.0. The molecule has 15 heavy (non-hydrogen) atoms. The first-order valence-corrected chi connectivity index (χ1v) is 5.06. The van der Waals surface area contributed by atoms with Crippen molar-refractivity contribution in [3.8, 4) is 0 Å². The zero-order chi connectivity index (χ0) is 12.0. The SMILES string of the molecule is CC(C)N1C(=O)N(C(C)O)C(C)(C)C1=O. The molecule has 1 N–H and O–H groups in total. The van der Waals surface area contributed by atoms with E-state index < -0.39 is 17.8 Å². The van der Waals surface area contributed by atoms with E-state index in [0.717, 1.165) is 0 Å². The highest BCUT2D eigenvalue weighted by atomic mass is 16.3. The number of carbonyl (C=O) groups excluding carboxylic acids is 2. The fourth-order valence-corrected chi connectivity index (χ4v) is 1.92. The van der Waals surface area contributed by atoms with E-state index in [4.69, 9.17) is 0 Å². The van der Waals surface area contributed by atoms with Crippen LogP contribution in [0.15, 0.2) is 0 Å². The van der Waals surface area contributed by atoms with Crippen molar-refractivity contribution in [3.63, 3.8) is 0 Å². The molecule has 1 heterocycles. The number of hydrogen-bond acceptors (Lipinski definition) is 3. The zero-order valence-corrected chi connectivity index (χ0v) is 9.81. The van der Waals surface area contributed by atoms with Crippen LogP contribution in [0.2, 0.25) is 0 Å². The number of urea groups is 1. The second-order valence-electron chi connectivity index (χ2n) is 4.61. The monoisotopic (exact) mass is 214 g/mol. The van der Waals surface area contributed by atoms with E-state index in [1.807, 2.05) is 0 Å². The molecule has 86 valence electrons. The first kappa shape index (κ1) is 12.0. The second kappa shape index (κ2) is 3.48. The molecule has 0 spiro atoms. The van der Waals surface area contributed by atoms with Gasteiger partial charge in [-0.15, -0.1) is 0 Å². The van der Waals surface area contributed by atoms with E-state index in [1.165, 1.54) is 16.7 Å². The standard InChI is InChI=1S/C10H18N2O3/c1-6(2)11-8(14)10(4,5)12(7(3)13)9(11)15/h6-7,13H,1-5H3. The third-order valence-corrected chi connectivity index (χ3v) is 2.65. The van der Waals surface area contributed by atoms with Crippen LogP contribution in [0.1, 0.15) is 34.6 Å². The van der Waals surface area contributed by atoms with Gasteiger partial charge in [0.25, 0.3) is 5.91 Å². The van der Waals surface area contributed by atoms with Crippen molar-refractivity contribution in [2.45, 2.75) is 52.4 Å². The van der Waals surface area contributed by atoms with Crippen LogP contribution >= 0.6 is 0 Å². The van der Waals surface area contributed by atoms with Crippen molar-refractivity contribution in [3.05, 3.63) is 0 Å². The summed E-state index contributed by atoms with van der Waals surface area (Å²) < 4.78 is 0. The summed E-state index contributed by atoms with van der Waals surface area (Å²) in [5.74, 6) is -0.261. The summed E-state index contributed by atoms with van der Waals surface area (Å²) in [6.07, 6.45) is -0.958. The van der Waals surface area contributed by atoms with Crippen molar-refractivity contribution < 1.29 is 14.7 Å². The van der Waals surface area contributed by atoms with Crippen LogP contribution in [0, 0.1) is 0 Å². The van der Waals surface area contributed by atoms with Crippen molar-refractivity contribution in [2.75, 3.05) is 0 Å². The Morgan fingerprint density at radius 2 is 1.67 bits per heavy atom. The Balaban J connectivity index is 3.14. The number of hydrogen-bond donors (Lipinski definition) is 1. The van der Waals surface area contributed by atoms with Gasteiger partial charge in [-0.1, -0.05) is 0 Å². The van der Waals surface area contributed by atoms with Crippen molar-refractivity contribution >= 4 is 11.9 Å². The van der Waals surface area contributed by atoms with Crippen molar-refractivity contribution in [1.82, 2.24) is 9.80 Å². The van der Waals surface area contributed by atoms with E-state index in [9.17, 15) is 14.7 Å². The molecule has 1 aliphatic heterocycles. The van der Waals surface area contributed by atoms with Crippen LogP contribution < -0.4 is 0 Å². The number of aliphatic hydroxyl groups is 1. The van der Waals surface area contributed by atoms with Gasteiger partial charge in [0.05, 0.1) is 0 Å². The molecule has 5 heteroatoms. The van der Waals surface area contributed by atoms with Gasteiger partial charge >= 0.3 is 6.03 Å². The average Bonchev–Trinajstić information content (AvgIpc) is 2.17. The van der Waals surface area contributed by atoms with E-state index in [2.05, 4.69) is 0 Å². The summed E-state index contributed by atoms with van der Waals surface area (Å²) in [7, 11) is 0. The quantitative estimate of drug-likeness (QED) is 0.691. The first-order chi connectivity index (χ1) is 6.71. The largest absolute Gasteiger partial charge is 0.374 e. The maximum Gasteiger partial charge on any atom is 0.329 e. The van der Waals surface area contributed by atoms with Crippen LogP contribution in [0.5, 0.6) is 0 Å². The molecule has 1 aliphatic rings. The molecule has 0 saturated carbocycles. The highest BCUT2D eigenvalue weighted by Gasteiger charge is 2.53. The number of amides is 3. The minimum absolute atomic E-state index is 0.187. The maximum atomic E-state index is 11.9. The van der Waals surface area contributed by atoms with E-state index in [1.54, 1.807) is 27.7 Å². The minimum atomic E-state index is -0.963. The fourth-order valence-electron chi connectivity index (χ4n) is 1.92. The van der Waals surface area contributed by atoms with Gasteiger partial charge < -0.3 is 5.11 Å². The number of rotatable bonds is 2. The van der Waals surface area contributed by atoms with Crippen molar-refractivity contribution in [1.29, 1.82) is 0 Å². The Kier molecular flexibility index (Phi) is 2.78. The third-order valence-electron chi connectivity index (χ3n) is 2.65. The molecule has 5 nitrogen and oxygen atoms in total. The molecule has 0 aromatic heterocycles. The van der Waals surface area contributed by atoms with Gasteiger partial charge in [0.1, 0.15) is 11.8 Å². The highest BCUT2D eigenvalue weighted by molar-refractivity contribution is 6.06. The van der Waals surface area contributed by atoms with Gasteiger partial charge in [-0.05, 0) is 34.6 Å². The van der Waals surface area contributed by atoms with E-state index in [-0.39, 0.29) is 11.9 Å². The fraction of sp³-hybridized carbons (Fsp3) is 0.800. The van der Waals surface area contributed by atoms with Gasteiger partial charge in [-0.2, -0.15) is 0 Å². The molecule has 3 amide bonds. The minimum Gasteiger partial charge on any atom is -0.374 e. The molecule has 1 fully saturated rings. The lowest BCUT2D eigenvalue weighted by Crippen LogP contribution is -2.48. The molecular formula is C10H18N2O3. The Hall–Kier alpha value is -1.10. The van der Waals surface area contributed by atoms with Gasteiger partial charge in [0, 0.05) is 6.04 Å². The van der Waals surface area contributed by atoms with Gasteiger partial charge in [0.15, 0.2) is 0 Å². The van der Waals surface area contributed by atoms with Crippen LogP contribution in [-0.4, -0.2) is 44.7 Å². The number of aliphatic hydroxyl groups excluding tert-OH is 1. The van der Waals surface area contributed by atoms with Crippen LogP contribution in [0.25, 0.3) is 0 Å². The summed E-state index contributed by atoms with van der Waals surface area (Å²) in [6, 6.07) is -0.608. The molecule has 0 radical (unpaired) electrons. The Bertz CT molecular complexity index is 297. The molecule has 1 rings (SSSR count). The Morgan fingerprint density at radius 3 is 1.87 bits per heavy atom. The summed E-state index contributed by atoms with van der Waals surface area (Å²) in [6.45, 7) is 8.32. The third kappa shape index (κ3) is 1.61. The van der Waals surface area contributed by atoms with E-state index in [0.29, 0.717) is 0 Å². The smallest absolute Gasteiger partial charge is 0.329 e. The first-order valence-electron chi connectivity index (χ1n) is 5.06. The van der Waals surface area contributed by atoms with Crippen molar-refractivity contribution in [2.24, 2.45) is 0 Å². The molecule has 1 atom stereocenters. The topological polar surface area (TPSA) is 60.9 Å². The lowest BCUT2D eigenvalue weighted by molar-refractivity contribution is -0.134. The Labute approximate surface area is 89.7 Å². The second-order valence-corrected chi connectivity index (χ2v) is 4.61.